The summed E-state index contributed by atoms with van der Waals surface area (Å²) in [5, 5.41) is 8.31. The van der Waals surface area contributed by atoms with Crippen molar-refractivity contribution in [2.45, 2.75) is 19.4 Å². The molecule has 2 aromatic rings. The van der Waals surface area contributed by atoms with E-state index < -0.39 is 0 Å². The smallest absolute Gasteiger partial charge is 0.163 e. The van der Waals surface area contributed by atoms with Crippen LogP contribution in [0.2, 0.25) is 0 Å². The van der Waals surface area contributed by atoms with Crippen LogP contribution in [0.15, 0.2) is 12.5 Å². The molecule has 82 valence electrons. The monoisotopic (exact) mass is 215 g/mol. The molecule has 2 rings (SSSR count). The molecule has 0 bridgehead atoms. The summed E-state index contributed by atoms with van der Waals surface area (Å²) in [6.07, 6.45) is 9.19. The fourth-order valence-electron chi connectivity index (χ4n) is 1.54. The van der Waals surface area contributed by atoms with Crippen LogP contribution in [-0.4, -0.2) is 25.8 Å². The van der Waals surface area contributed by atoms with E-state index in [9.17, 15) is 0 Å². The Hall–Kier alpha value is -2.09. The molecule has 5 nitrogen and oxygen atoms in total. The van der Waals surface area contributed by atoms with Crippen molar-refractivity contribution < 1.29 is 0 Å². The molecule has 0 spiro atoms. The Morgan fingerprint density at radius 1 is 1.56 bits per heavy atom. The Balaban J connectivity index is 2.34. The molecule has 0 saturated carbocycles. The van der Waals surface area contributed by atoms with Crippen LogP contribution in [-0.2, 0) is 7.05 Å². The van der Waals surface area contributed by atoms with Crippen molar-refractivity contribution in [3.8, 4) is 12.3 Å². The van der Waals surface area contributed by atoms with Gasteiger partial charge in [-0.25, -0.2) is 9.97 Å². The summed E-state index contributed by atoms with van der Waals surface area (Å²) in [6, 6.07) is 0.184. The summed E-state index contributed by atoms with van der Waals surface area (Å²) < 4.78 is 1.72. The number of aromatic nitrogens is 4. The summed E-state index contributed by atoms with van der Waals surface area (Å²) in [6.45, 7) is 2.02. The fraction of sp³-hybridized carbons (Fsp3) is 0.364. The maximum Gasteiger partial charge on any atom is 0.163 e. The van der Waals surface area contributed by atoms with Crippen LogP contribution >= 0.6 is 0 Å². The van der Waals surface area contributed by atoms with E-state index in [4.69, 9.17) is 6.42 Å². The number of nitrogens with zero attached hydrogens (tertiary/aromatic N) is 4. The number of fused-ring (bicyclic) bond motifs is 1. The highest BCUT2D eigenvalue weighted by molar-refractivity contribution is 5.86. The van der Waals surface area contributed by atoms with Gasteiger partial charge >= 0.3 is 0 Å². The van der Waals surface area contributed by atoms with Crippen LogP contribution in [0.4, 0.5) is 5.82 Å². The first-order valence-electron chi connectivity index (χ1n) is 5.05. The molecule has 1 atom stereocenters. The van der Waals surface area contributed by atoms with Crippen LogP contribution in [0.1, 0.15) is 13.3 Å². The van der Waals surface area contributed by atoms with Gasteiger partial charge in [0.15, 0.2) is 5.65 Å². The second-order valence-electron chi connectivity index (χ2n) is 3.68. The third kappa shape index (κ3) is 1.82. The number of hydrogen-bond donors (Lipinski definition) is 1. The Labute approximate surface area is 93.9 Å². The van der Waals surface area contributed by atoms with Crippen LogP contribution in [0.25, 0.3) is 11.0 Å². The van der Waals surface area contributed by atoms with Crippen molar-refractivity contribution in [2.24, 2.45) is 7.05 Å². The first-order chi connectivity index (χ1) is 7.72. The quantitative estimate of drug-likeness (QED) is 0.781. The third-order valence-electron chi connectivity index (χ3n) is 2.34. The summed E-state index contributed by atoms with van der Waals surface area (Å²) in [5.74, 6) is 3.39. The zero-order valence-corrected chi connectivity index (χ0v) is 9.31. The summed E-state index contributed by atoms with van der Waals surface area (Å²) in [7, 11) is 1.85. The Kier molecular flexibility index (Phi) is 2.73. The van der Waals surface area contributed by atoms with Gasteiger partial charge in [0.25, 0.3) is 0 Å². The van der Waals surface area contributed by atoms with Gasteiger partial charge in [-0.1, -0.05) is 0 Å². The number of nitrogens with one attached hydrogen (secondary N) is 1. The van der Waals surface area contributed by atoms with Gasteiger partial charge in [0.1, 0.15) is 12.1 Å². The maximum absolute atomic E-state index is 5.26. The van der Waals surface area contributed by atoms with Gasteiger partial charge in [-0.3, -0.25) is 4.68 Å². The molecule has 0 saturated heterocycles. The molecule has 0 aliphatic rings. The highest BCUT2D eigenvalue weighted by Gasteiger charge is 2.09. The highest BCUT2D eigenvalue weighted by atomic mass is 15.3. The number of aryl methyl sites for hydroxylation is 1. The van der Waals surface area contributed by atoms with Gasteiger partial charge in [-0.2, -0.15) is 5.10 Å². The summed E-state index contributed by atoms with van der Waals surface area (Å²) in [5.41, 5.74) is 0.811. The van der Waals surface area contributed by atoms with Crippen molar-refractivity contribution in [3.05, 3.63) is 12.5 Å². The average molecular weight is 215 g/mol. The standard InChI is InChI=1S/C11H13N5/c1-4-5-8(2)15-10-9-6-14-16(3)11(9)13-7-12-10/h1,6-8H,5H2,2-3H3,(H,12,13,15). The van der Waals surface area contributed by atoms with E-state index in [1.807, 2.05) is 14.0 Å². The van der Waals surface area contributed by atoms with Crippen molar-refractivity contribution >= 4 is 16.9 Å². The fourth-order valence-corrected chi connectivity index (χ4v) is 1.54. The molecule has 5 heteroatoms. The van der Waals surface area contributed by atoms with Crippen molar-refractivity contribution in [1.82, 2.24) is 19.7 Å². The van der Waals surface area contributed by atoms with Gasteiger partial charge in [0.2, 0.25) is 0 Å². The number of terminal acetylenes is 1. The topological polar surface area (TPSA) is 55.6 Å². The lowest BCUT2D eigenvalue weighted by Crippen LogP contribution is -2.15. The minimum absolute atomic E-state index is 0.184. The lowest BCUT2D eigenvalue weighted by Gasteiger charge is -2.11. The number of anilines is 1. The molecule has 0 radical (unpaired) electrons. The zero-order valence-electron chi connectivity index (χ0n) is 9.31. The van der Waals surface area contributed by atoms with Crippen molar-refractivity contribution in [3.63, 3.8) is 0 Å². The van der Waals surface area contributed by atoms with Crippen LogP contribution in [0.5, 0.6) is 0 Å². The van der Waals surface area contributed by atoms with E-state index in [0.29, 0.717) is 6.42 Å². The van der Waals surface area contributed by atoms with E-state index >= 15 is 0 Å². The van der Waals surface area contributed by atoms with E-state index in [0.717, 1.165) is 16.9 Å². The number of rotatable bonds is 3. The molecular weight excluding hydrogens is 202 g/mol. The Morgan fingerprint density at radius 3 is 3.12 bits per heavy atom. The molecule has 0 aromatic carbocycles. The molecule has 1 N–H and O–H groups in total. The molecule has 16 heavy (non-hydrogen) atoms. The number of hydrogen-bond acceptors (Lipinski definition) is 4. The van der Waals surface area contributed by atoms with E-state index in [1.165, 1.54) is 6.33 Å². The predicted octanol–water partition coefficient (Wildman–Crippen LogP) is 1.19. The molecule has 0 amide bonds. The van der Waals surface area contributed by atoms with Crippen LogP contribution in [0, 0.1) is 12.3 Å². The Bertz CT molecular complexity index is 537. The average Bonchev–Trinajstić information content (AvgIpc) is 2.62. The van der Waals surface area contributed by atoms with Gasteiger partial charge in [0, 0.05) is 19.5 Å². The minimum Gasteiger partial charge on any atom is -0.366 e. The van der Waals surface area contributed by atoms with Crippen molar-refractivity contribution in [2.75, 3.05) is 5.32 Å². The molecule has 0 fully saturated rings. The molecule has 0 aliphatic carbocycles. The van der Waals surface area contributed by atoms with Gasteiger partial charge in [-0.15, -0.1) is 12.3 Å². The predicted molar refractivity (Wildman–Crippen MR) is 62.8 cm³/mol. The highest BCUT2D eigenvalue weighted by Crippen LogP contribution is 2.18. The van der Waals surface area contributed by atoms with Gasteiger partial charge < -0.3 is 5.32 Å². The SMILES string of the molecule is C#CCC(C)Nc1ncnc2c1cnn2C. The zero-order chi connectivity index (χ0) is 11.5. The molecule has 2 aromatic heterocycles. The normalized spacial score (nSPS) is 12.3. The van der Waals surface area contributed by atoms with E-state index in [-0.39, 0.29) is 6.04 Å². The van der Waals surface area contributed by atoms with Crippen LogP contribution in [0.3, 0.4) is 0 Å². The minimum atomic E-state index is 0.184. The van der Waals surface area contributed by atoms with Gasteiger partial charge in [-0.05, 0) is 6.92 Å². The summed E-state index contributed by atoms with van der Waals surface area (Å²) >= 11 is 0. The Morgan fingerprint density at radius 2 is 2.38 bits per heavy atom. The lowest BCUT2D eigenvalue weighted by molar-refractivity contribution is 0.784. The molecular formula is C11H13N5. The molecule has 0 aliphatic heterocycles. The lowest BCUT2D eigenvalue weighted by atomic mass is 10.2. The van der Waals surface area contributed by atoms with Crippen molar-refractivity contribution in [1.29, 1.82) is 0 Å². The first-order valence-corrected chi connectivity index (χ1v) is 5.05. The second kappa shape index (κ2) is 4.19. The second-order valence-corrected chi connectivity index (χ2v) is 3.68. The van der Waals surface area contributed by atoms with E-state index in [1.54, 1.807) is 10.9 Å². The largest absolute Gasteiger partial charge is 0.366 e. The molecule has 1 unspecified atom stereocenters. The first kappa shape index (κ1) is 10.4. The molecule has 2 heterocycles. The third-order valence-corrected chi connectivity index (χ3v) is 2.34. The van der Waals surface area contributed by atoms with Crippen LogP contribution < -0.4 is 5.32 Å². The van der Waals surface area contributed by atoms with Gasteiger partial charge in [0.05, 0.1) is 11.6 Å². The summed E-state index contributed by atoms with van der Waals surface area (Å²) in [4.78, 5) is 8.36. The van der Waals surface area contributed by atoms with E-state index in [2.05, 4.69) is 26.3 Å². The maximum atomic E-state index is 5.26.